The van der Waals surface area contributed by atoms with Crippen molar-refractivity contribution >= 4 is 0 Å². The summed E-state index contributed by atoms with van der Waals surface area (Å²) in [5.74, 6) is 0. The van der Waals surface area contributed by atoms with Crippen LogP contribution in [-0.2, 0) is 19.1 Å². The molecule has 0 radical (unpaired) electrons. The summed E-state index contributed by atoms with van der Waals surface area (Å²) in [6, 6.07) is 4.83. The first-order valence-corrected chi connectivity index (χ1v) is 5.96. The Balaban J connectivity index is 2.25. The SMILES string of the molecule is O=c1c(CCO)c[nH]n1Cc1cccc(C(F)(F)F)c1. The topological polar surface area (TPSA) is 58.0 Å². The summed E-state index contributed by atoms with van der Waals surface area (Å²) in [5, 5.41) is 11.5. The van der Waals surface area contributed by atoms with E-state index in [0.717, 1.165) is 12.1 Å². The molecule has 0 amide bonds. The molecule has 0 fully saturated rings. The van der Waals surface area contributed by atoms with Gasteiger partial charge in [-0.05, 0) is 17.7 Å². The first-order valence-electron chi connectivity index (χ1n) is 5.96. The van der Waals surface area contributed by atoms with Crippen molar-refractivity contribution in [3.63, 3.8) is 0 Å². The van der Waals surface area contributed by atoms with Crippen LogP contribution in [0.3, 0.4) is 0 Å². The van der Waals surface area contributed by atoms with Crippen LogP contribution in [0, 0.1) is 0 Å². The Bertz CT molecular complexity index is 644. The van der Waals surface area contributed by atoms with Crippen LogP contribution in [-0.4, -0.2) is 21.5 Å². The number of nitrogens with one attached hydrogen (secondary N) is 1. The highest BCUT2D eigenvalue weighted by Gasteiger charge is 2.30. The second-order valence-electron chi connectivity index (χ2n) is 4.36. The lowest BCUT2D eigenvalue weighted by Gasteiger charge is -2.08. The number of benzene rings is 1. The number of halogens is 3. The van der Waals surface area contributed by atoms with Crippen LogP contribution in [0.4, 0.5) is 13.2 Å². The quantitative estimate of drug-likeness (QED) is 0.900. The minimum atomic E-state index is -4.40. The van der Waals surface area contributed by atoms with Crippen molar-refractivity contribution in [2.24, 2.45) is 0 Å². The van der Waals surface area contributed by atoms with E-state index in [4.69, 9.17) is 5.11 Å². The van der Waals surface area contributed by atoms with Gasteiger partial charge in [0.05, 0.1) is 12.1 Å². The normalized spacial score (nSPS) is 11.8. The highest BCUT2D eigenvalue weighted by molar-refractivity contribution is 5.26. The molecule has 0 saturated heterocycles. The Morgan fingerprint density at radius 2 is 2.05 bits per heavy atom. The van der Waals surface area contributed by atoms with Crippen LogP contribution in [0.5, 0.6) is 0 Å². The Hall–Kier alpha value is -2.02. The summed E-state index contributed by atoms with van der Waals surface area (Å²) in [6.45, 7) is -0.134. The number of aliphatic hydroxyl groups is 1. The molecule has 1 aromatic heterocycles. The first-order chi connectivity index (χ1) is 9.41. The summed E-state index contributed by atoms with van der Waals surface area (Å²) >= 11 is 0. The molecule has 0 aliphatic heterocycles. The molecule has 0 aliphatic carbocycles. The third-order valence-electron chi connectivity index (χ3n) is 2.89. The van der Waals surface area contributed by atoms with Gasteiger partial charge in [-0.2, -0.15) is 13.2 Å². The van der Waals surface area contributed by atoms with Gasteiger partial charge in [-0.1, -0.05) is 12.1 Å². The molecule has 0 unspecified atom stereocenters. The number of aliphatic hydroxyl groups excluding tert-OH is 1. The zero-order valence-corrected chi connectivity index (χ0v) is 10.4. The van der Waals surface area contributed by atoms with Gasteiger partial charge in [0, 0.05) is 24.8 Å². The van der Waals surface area contributed by atoms with E-state index in [-0.39, 0.29) is 25.1 Å². The van der Waals surface area contributed by atoms with Gasteiger partial charge in [-0.25, -0.2) is 4.68 Å². The number of rotatable bonds is 4. The summed E-state index contributed by atoms with van der Waals surface area (Å²) < 4.78 is 39.0. The highest BCUT2D eigenvalue weighted by Crippen LogP contribution is 2.29. The lowest BCUT2D eigenvalue weighted by Crippen LogP contribution is -2.20. The summed E-state index contributed by atoms with van der Waals surface area (Å²) in [6.07, 6.45) is -2.74. The minimum Gasteiger partial charge on any atom is -0.396 e. The minimum absolute atomic E-state index is 0.0220. The van der Waals surface area contributed by atoms with E-state index in [1.165, 1.54) is 23.0 Å². The average molecular weight is 286 g/mol. The number of hydrogen-bond acceptors (Lipinski definition) is 2. The van der Waals surface area contributed by atoms with Crippen molar-refractivity contribution in [3.8, 4) is 0 Å². The Morgan fingerprint density at radius 3 is 2.70 bits per heavy atom. The molecule has 0 bridgehead atoms. The Morgan fingerprint density at radius 1 is 1.30 bits per heavy atom. The van der Waals surface area contributed by atoms with Crippen molar-refractivity contribution in [3.05, 3.63) is 57.5 Å². The largest absolute Gasteiger partial charge is 0.416 e. The van der Waals surface area contributed by atoms with Crippen LogP contribution >= 0.6 is 0 Å². The Labute approximate surface area is 112 Å². The van der Waals surface area contributed by atoms with Crippen molar-refractivity contribution in [1.82, 2.24) is 9.78 Å². The second kappa shape index (κ2) is 5.54. The zero-order valence-electron chi connectivity index (χ0n) is 10.4. The van der Waals surface area contributed by atoms with Crippen molar-refractivity contribution in [1.29, 1.82) is 0 Å². The molecule has 1 heterocycles. The number of nitrogens with zero attached hydrogens (tertiary/aromatic N) is 1. The summed E-state index contributed by atoms with van der Waals surface area (Å²) in [5.41, 5.74) is -0.305. The summed E-state index contributed by atoms with van der Waals surface area (Å²) in [7, 11) is 0. The monoisotopic (exact) mass is 286 g/mol. The molecule has 1 aromatic carbocycles. The maximum absolute atomic E-state index is 12.6. The lowest BCUT2D eigenvalue weighted by atomic mass is 10.1. The predicted molar refractivity (Wildman–Crippen MR) is 66.4 cm³/mol. The fraction of sp³-hybridized carbons (Fsp3) is 0.308. The van der Waals surface area contributed by atoms with Crippen LogP contribution in [0.2, 0.25) is 0 Å². The second-order valence-corrected chi connectivity index (χ2v) is 4.36. The highest BCUT2D eigenvalue weighted by atomic mass is 19.4. The Kier molecular flexibility index (Phi) is 3.99. The van der Waals surface area contributed by atoms with E-state index in [0.29, 0.717) is 11.1 Å². The molecule has 0 spiro atoms. The molecule has 4 nitrogen and oxygen atoms in total. The van der Waals surface area contributed by atoms with Gasteiger partial charge in [0.25, 0.3) is 5.56 Å². The van der Waals surface area contributed by atoms with Gasteiger partial charge in [0.15, 0.2) is 0 Å². The van der Waals surface area contributed by atoms with Crippen LogP contribution in [0.15, 0.2) is 35.3 Å². The molecule has 2 N–H and O–H groups in total. The predicted octanol–water partition coefficient (Wildman–Crippen LogP) is 1.78. The third kappa shape index (κ3) is 3.11. The lowest BCUT2D eigenvalue weighted by molar-refractivity contribution is -0.137. The van der Waals surface area contributed by atoms with Gasteiger partial charge >= 0.3 is 6.18 Å². The summed E-state index contributed by atoms with van der Waals surface area (Å²) in [4.78, 5) is 11.8. The van der Waals surface area contributed by atoms with Gasteiger partial charge < -0.3 is 10.2 Å². The van der Waals surface area contributed by atoms with E-state index < -0.39 is 11.7 Å². The number of hydrogen-bond donors (Lipinski definition) is 2. The van der Waals surface area contributed by atoms with Crippen LogP contribution in [0.1, 0.15) is 16.7 Å². The van der Waals surface area contributed by atoms with E-state index in [9.17, 15) is 18.0 Å². The van der Waals surface area contributed by atoms with E-state index in [1.54, 1.807) is 0 Å². The van der Waals surface area contributed by atoms with E-state index in [2.05, 4.69) is 5.10 Å². The maximum Gasteiger partial charge on any atom is 0.416 e. The average Bonchev–Trinajstić information content (AvgIpc) is 2.72. The molecule has 2 aromatic rings. The molecule has 0 aliphatic rings. The van der Waals surface area contributed by atoms with Gasteiger partial charge in [-0.3, -0.25) is 4.79 Å². The van der Waals surface area contributed by atoms with E-state index in [1.807, 2.05) is 0 Å². The molecule has 108 valence electrons. The van der Waals surface area contributed by atoms with Gasteiger partial charge in [-0.15, -0.1) is 0 Å². The zero-order chi connectivity index (χ0) is 14.8. The van der Waals surface area contributed by atoms with Crippen molar-refractivity contribution in [2.45, 2.75) is 19.1 Å². The van der Waals surface area contributed by atoms with Crippen LogP contribution < -0.4 is 5.56 Å². The number of aromatic nitrogens is 2. The van der Waals surface area contributed by atoms with Crippen molar-refractivity contribution in [2.75, 3.05) is 6.61 Å². The first kappa shape index (κ1) is 14.4. The number of alkyl halides is 3. The molecule has 0 saturated carbocycles. The molecular weight excluding hydrogens is 273 g/mol. The standard InChI is InChI=1S/C13H13F3N2O2/c14-13(15,16)11-3-1-2-9(6-11)8-18-12(20)10(4-5-19)7-17-18/h1-3,6-7,17,19H,4-5,8H2. The maximum atomic E-state index is 12.6. The molecule has 7 heteroatoms. The van der Waals surface area contributed by atoms with Gasteiger partial charge in [0.1, 0.15) is 0 Å². The molecule has 20 heavy (non-hydrogen) atoms. The van der Waals surface area contributed by atoms with Crippen LogP contribution in [0.25, 0.3) is 0 Å². The number of aromatic amines is 1. The smallest absolute Gasteiger partial charge is 0.396 e. The molecule has 0 atom stereocenters. The molecule has 2 rings (SSSR count). The van der Waals surface area contributed by atoms with E-state index >= 15 is 0 Å². The van der Waals surface area contributed by atoms with Crippen molar-refractivity contribution < 1.29 is 18.3 Å². The molecular formula is C13H13F3N2O2. The fourth-order valence-corrected chi connectivity index (χ4v) is 1.90. The number of H-pyrrole nitrogens is 1. The van der Waals surface area contributed by atoms with Gasteiger partial charge in [0.2, 0.25) is 0 Å². The fourth-order valence-electron chi connectivity index (χ4n) is 1.90. The third-order valence-corrected chi connectivity index (χ3v) is 2.89.